The maximum Gasteiger partial charge on any atom is 0.252 e. The van der Waals surface area contributed by atoms with Gasteiger partial charge in [-0.3, -0.25) is 4.79 Å². The number of amides is 1. The van der Waals surface area contributed by atoms with Crippen LogP contribution in [-0.2, 0) is 6.42 Å². The summed E-state index contributed by atoms with van der Waals surface area (Å²) in [6.45, 7) is 4.71. The molecular weight excluding hydrogens is 286 g/mol. The number of furan rings is 1. The number of carbonyl (C=O) groups excluding carboxylic acids is 1. The SMILES string of the molecule is [CH2]C(CCc1ccccc1)CNC(=O)c1cccc2occc12. The third-order valence-corrected chi connectivity index (χ3v) is 3.98. The van der Waals surface area contributed by atoms with Crippen LogP contribution in [0.3, 0.4) is 0 Å². The van der Waals surface area contributed by atoms with Crippen LogP contribution in [0.5, 0.6) is 0 Å². The monoisotopic (exact) mass is 306 g/mol. The van der Waals surface area contributed by atoms with Gasteiger partial charge in [-0.05, 0) is 49.4 Å². The predicted molar refractivity (Wildman–Crippen MR) is 92.2 cm³/mol. The highest BCUT2D eigenvalue weighted by Gasteiger charge is 2.12. The lowest BCUT2D eigenvalue weighted by atomic mass is 10.0. The molecule has 1 aromatic heterocycles. The van der Waals surface area contributed by atoms with Crippen molar-refractivity contribution in [2.24, 2.45) is 5.92 Å². The first-order chi connectivity index (χ1) is 11.2. The van der Waals surface area contributed by atoms with Crippen LogP contribution in [0.2, 0.25) is 0 Å². The Morgan fingerprint density at radius 3 is 2.74 bits per heavy atom. The Morgan fingerprint density at radius 2 is 1.91 bits per heavy atom. The zero-order valence-corrected chi connectivity index (χ0v) is 13.0. The molecular formula is C20H20NO2. The number of benzene rings is 2. The van der Waals surface area contributed by atoms with Gasteiger partial charge < -0.3 is 9.73 Å². The molecule has 1 radical (unpaired) electrons. The average molecular weight is 306 g/mol. The first-order valence-corrected chi connectivity index (χ1v) is 7.85. The van der Waals surface area contributed by atoms with Crippen molar-refractivity contribution in [3.8, 4) is 0 Å². The molecule has 117 valence electrons. The zero-order chi connectivity index (χ0) is 16.1. The molecule has 1 heterocycles. The molecule has 0 aliphatic heterocycles. The van der Waals surface area contributed by atoms with Crippen LogP contribution < -0.4 is 5.32 Å². The van der Waals surface area contributed by atoms with Crippen LogP contribution in [0.15, 0.2) is 65.3 Å². The molecule has 3 nitrogen and oxygen atoms in total. The van der Waals surface area contributed by atoms with Gasteiger partial charge in [0.15, 0.2) is 0 Å². The second kappa shape index (κ2) is 7.14. The summed E-state index contributed by atoms with van der Waals surface area (Å²) in [5, 5.41) is 3.82. The van der Waals surface area contributed by atoms with Gasteiger partial charge in [0.25, 0.3) is 5.91 Å². The largest absolute Gasteiger partial charge is 0.464 e. The topological polar surface area (TPSA) is 42.2 Å². The number of aryl methyl sites for hydroxylation is 1. The van der Waals surface area contributed by atoms with Crippen molar-refractivity contribution >= 4 is 16.9 Å². The summed E-state index contributed by atoms with van der Waals surface area (Å²) in [6.07, 6.45) is 3.52. The highest BCUT2D eigenvalue weighted by molar-refractivity contribution is 6.05. The maximum atomic E-state index is 12.4. The van der Waals surface area contributed by atoms with Gasteiger partial charge in [0, 0.05) is 11.9 Å². The number of hydrogen-bond acceptors (Lipinski definition) is 2. The van der Waals surface area contributed by atoms with Crippen LogP contribution in [0.1, 0.15) is 22.3 Å². The fourth-order valence-electron chi connectivity index (χ4n) is 2.64. The van der Waals surface area contributed by atoms with Gasteiger partial charge in [-0.15, -0.1) is 0 Å². The van der Waals surface area contributed by atoms with E-state index in [-0.39, 0.29) is 11.8 Å². The molecule has 0 saturated heterocycles. The molecule has 3 rings (SSSR count). The molecule has 1 atom stereocenters. The van der Waals surface area contributed by atoms with E-state index in [0.29, 0.717) is 12.1 Å². The molecule has 0 bridgehead atoms. The highest BCUT2D eigenvalue weighted by atomic mass is 16.3. The van der Waals surface area contributed by atoms with Gasteiger partial charge in [0.2, 0.25) is 0 Å². The third kappa shape index (κ3) is 3.81. The van der Waals surface area contributed by atoms with Crippen molar-refractivity contribution in [1.29, 1.82) is 0 Å². The summed E-state index contributed by atoms with van der Waals surface area (Å²) in [5.74, 6) is 0.105. The van der Waals surface area contributed by atoms with Crippen LogP contribution in [0.25, 0.3) is 11.0 Å². The van der Waals surface area contributed by atoms with Crippen molar-refractivity contribution in [3.05, 3.63) is 78.9 Å². The minimum absolute atomic E-state index is 0.0784. The van der Waals surface area contributed by atoms with E-state index < -0.39 is 0 Å². The normalized spacial score (nSPS) is 12.2. The van der Waals surface area contributed by atoms with Gasteiger partial charge in [-0.2, -0.15) is 0 Å². The Kier molecular flexibility index (Phi) is 4.77. The molecule has 0 aliphatic rings. The van der Waals surface area contributed by atoms with Crippen molar-refractivity contribution < 1.29 is 9.21 Å². The Labute approximate surface area is 136 Å². The fraction of sp³-hybridized carbons (Fsp3) is 0.200. The van der Waals surface area contributed by atoms with Crippen molar-refractivity contribution in [2.45, 2.75) is 12.8 Å². The standard InChI is InChI=1S/C20H20NO2/c1-15(10-11-16-6-3-2-4-7-16)14-21-20(22)18-8-5-9-19-17(18)12-13-23-19/h2-9,12-13,15H,1,10-11,14H2,(H,21,22). The second-order valence-corrected chi connectivity index (χ2v) is 5.74. The molecule has 0 spiro atoms. The summed E-state index contributed by atoms with van der Waals surface area (Å²) in [6, 6.07) is 17.7. The number of fused-ring (bicyclic) bond motifs is 1. The summed E-state index contributed by atoms with van der Waals surface area (Å²) in [5.41, 5.74) is 2.68. The minimum atomic E-state index is -0.0784. The van der Waals surface area contributed by atoms with E-state index in [1.165, 1.54) is 5.56 Å². The van der Waals surface area contributed by atoms with E-state index in [2.05, 4.69) is 24.4 Å². The van der Waals surface area contributed by atoms with Crippen LogP contribution >= 0.6 is 0 Å². The van der Waals surface area contributed by atoms with Gasteiger partial charge in [0.1, 0.15) is 5.58 Å². The van der Waals surface area contributed by atoms with Crippen molar-refractivity contribution in [1.82, 2.24) is 5.32 Å². The Morgan fingerprint density at radius 1 is 1.09 bits per heavy atom. The van der Waals surface area contributed by atoms with Gasteiger partial charge in [0.05, 0.1) is 11.8 Å². The number of hydrogen-bond donors (Lipinski definition) is 1. The minimum Gasteiger partial charge on any atom is -0.464 e. The van der Waals surface area contributed by atoms with Crippen molar-refractivity contribution in [2.75, 3.05) is 6.54 Å². The molecule has 0 fully saturated rings. The van der Waals surface area contributed by atoms with E-state index >= 15 is 0 Å². The van der Waals surface area contributed by atoms with Crippen LogP contribution in [0, 0.1) is 12.8 Å². The summed E-state index contributed by atoms with van der Waals surface area (Å²) in [7, 11) is 0. The molecule has 23 heavy (non-hydrogen) atoms. The lowest BCUT2D eigenvalue weighted by Crippen LogP contribution is -2.28. The van der Waals surface area contributed by atoms with Crippen molar-refractivity contribution in [3.63, 3.8) is 0 Å². The third-order valence-electron chi connectivity index (χ3n) is 3.98. The van der Waals surface area contributed by atoms with E-state index in [9.17, 15) is 4.79 Å². The molecule has 2 aromatic carbocycles. The summed E-state index contributed by atoms with van der Waals surface area (Å²) < 4.78 is 5.33. The highest BCUT2D eigenvalue weighted by Crippen LogP contribution is 2.19. The number of nitrogens with one attached hydrogen (secondary N) is 1. The van der Waals surface area contributed by atoms with E-state index in [1.807, 2.05) is 42.5 Å². The van der Waals surface area contributed by atoms with Crippen LogP contribution in [0.4, 0.5) is 0 Å². The zero-order valence-electron chi connectivity index (χ0n) is 13.0. The molecule has 0 saturated carbocycles. The second-order valence-electron chi connectivity index (χ2n) is 5.74. The average Bonchev–Trinajstić information content (AvgIpc) is 3.07. The maximum absolute atomic E-state index is 12.4. The fourth-order valence-corrected chi connectivity index (χ4v) is 2.64. The lowest BCUT2D eigenvalue weighted by molar-refractivity contribution is 0.0950. The van der Waals surface area contributed by atoms with E-state index in [1.54, 1.807) is 6.26 Å². The first-order valence-electron chi connectivity index (χ1n) is 7.85. The first kappa shape index (κ1) is 15.3. The number of carbonyl (C=O) groups is 1. The van der Waals surface area contributed by atoms with E-state index in [0.717, 1.165) is 23.8 Å². The summed E-state index contributed by atoms with van der Waals surface area (Å²) >= 11 is 0. The Hall–Kier alpha value is -2.55. The quantitative estimate of drug-likeness (QED) is 0.740. The predicted octanol–water partition coefficient (Wildman–Crippen LogP) is 4.25. The number of rotatable bonds is 6. The Bertz CT molecular complexity index is 776. The molecule has 3 heteroatoms. The lowest BCUT2D eigenvalue weighted by Gasteiger charge is -2.13. The molecule has 1 amide bonds. The molecule has 0 aliphatic carbocycles. The van der Waals surface area contributed by atoms with Gasteiger partial charge in [-0.25, -0.2) is 0 Å². The molecule has 1 unspecified atom stereocenters. The smallest absolute Gasteiger partial charge is 0.252 e. The molecule has 3 aromatic rings. The summed E-state index contributed by atoms with van der Waals surface area (Å²) in [4.78, 5) is 12.4. The molecule has 1 N–H and O–H groups in total. The van der Waals surface area contributed by atoms with Crippen LogP contribution in [-0.4, -0.2) is 12.5 Å². The Balaban J connectivity index is 1.53. The van der Waals surface area contributed by atoms with Gasteiger partial charge in [-0.1, -0.05) is 36.4 Å². The van der Waals surface area contributed by atoms with Gasteiger partial charge >= 0.3 is 0 Å². The van der Waals surface area contributed by atoms with E-state index in [4.69, 9.17) is 4.42 Å².